The van der Waals surface area contributed by atoms with Crippen LogP contribution < -0.4 is 5.73 Å². The fraction of sp³-hybridized carbons (Fsp3) is 0.167. The molecule has 2 aromatic rings. The van der Waals surface area contributed by atoms with E-state index >= 15 is 0 Å². The minimum Gasteiger partial charge on any atom is -0.323 e. The van der Waals surface area contributed by atoms with Crippen LogP contribution in [0.1, 0.15) is 16.5 Å². The van der Waals surface area contributed by atoms with Crippen molar-refractivity contribution in [2.24, 2.45) is 5.73 Å². The highest BCUT2D eigenvalue weighted by Gasteiger charge is 2.09. The van der Waals surface area contributed by atoms with Gasteiger partial charge in [0.25, 0.3) is 0 Å². The Morgan fingerprint density at radius 3 is 2.31 bits per heavy atom. The zero-order valence-electron chi connectivity index (χ0n) is 8.49. The highest BCUT2D eigenvalue weighted by molar-refractivity contribution is 9.11. The van der Waals surface area contributed by atoms with E-state index in [0.717, 1.165) is 14.7 Å². The third-order valence-corrected chi connectivity index (χ3v) is 4.61. The largest absolute Gasteiger partial charge is 0.323 e. The first-order valence-electron chi connectivity index (χ1n) is 4.90. The van der Waals surface area contributed by atoms with E-state index in [1.165, 1.54) is 10.4 Å². The molecule has 0 fully saturated rings. The van der Waals surface area contributed by atoms with Crippen LogP contribution in [-0.2, 0) is 6.42 Å². The zero-order chi connectivity index (χ0) is 11.5. The number of hydrogen-bond donors (Lipinski definition) is 1. The van der Waals surface area contributed by atoms with Gasteiger partial charge in [-0.1, -0.05) is 28.1 Å². The van der Waals surface area contributed by atoms with Gasteiger partial charge < -0.3 is 5.73 Å². The summed E-state index contributed by atoms with van der Waals surface area (Å²) in [6, 6.07) is 12.5. The molecule has 0 aliphatic heterocycles. The fourth-order valence-electron chi connectivity index (χ4n) is 1.50. The lowest BCUT2D eigenvalue weighted by atomic mass is 10.1. The first-order chi connectivity index (χ1) is 7.65. The van der Waals surface area contributed by atoms with Crippen molar-refractivity contribution in [3.63, 3.8) is 0 Å². The normalized spacial score (nSPS) is 12.7. The summed E-state index contributed by atoms with van der Waals surface area (Å²) in [6.07, 6.45) is 0.875. The second-order valence-electron chi connectivity index (χ2n) is 3.58. The number of benzene rings is 1. The molecular weight excluding hydrogens is 350 g/mol. The van der Waals surface area contributed by atoms with E-state index in [1.807, 2.05) is 18.2 Å². The van der Waals surface area contributed by atoms with Gasteiger partial charge in [-0.15, -0.1) is 11.3 Å². The Hall–Kier alpha value is -0.160. The van der Waals surface area contributed by atoms with E-state index in [9.17, 15) is 0 Å². The molecule has 2 rings (SSSR count). The highest BCUT2D eigenvalue weighted by atomic mass is 79.9. The fourth-order valence-corrected chi connectivity index (χ4v) is 3.19. The van der Waals surface area contributed by atoms with Gasteiger partial charge in [0.1, 0.15) is 0 Å². The summed E-state index contributed by atoms with van der Waals surface area (Å²) < 4.78 is 2.23. The van der Waals surface area contributed by atoms with Crippen molar-refractivity contribution in [3.8, 4) is 0 Å². The van der Waals surface area contributed by atoms with E-state index in [0.29, 0.717) is 0 Å². The third kappa shape index (κ3) is 3.17. The number of rotatable bonds is 3. The molecule has 0 aliphatic carbocycles. The molecule has 2 N–H and O–H groups in total. The van der Waals surface area contributed by atoms with Crippen LogP contribution in [0.5, 0.6) is 0 Å². The van der Waals surface area contributed by atoms with Crippen molar-refractivity contribution < 1.29 is 0 Å². The molecule has 4 heteroatoms. The average Bonchev–Trinajstić information content (AvgIpc) is 2.68. The maximum atomic E-state index is 6.16. The minimum atomic E-state index is 0.0810. The van der Waals surface area contributed by atoms with Crippen LogP contribution in [0.3, 0.4) is 0 Å². The van der Waals surface area contributed by atoms with E-state index in [4.69, 9.17) is 5.73 Å². The van der Waals surface area contributed by atoms with Crippen molar-refractivity contribution in [1.82, 2.24) is 0 Å². The lowest BCUT2D eigenvalue weighted by Gasteiger charge is -2.09. The van der Waals surface area contributed by atoms with Crippen LogP contribution in [0.2, 0.25) is 0 Å². The SMILES string of the molecule is NC(Cc1ccc(Br)cc1)c1ccc(Br)s1. The Bertz CT molecular complexity index is 464. The first kappa shape index (κ1) is 12.3. The molecule has 0 radical (unpaired) electrons. The maximum absolute atomic E-state index is 6.16. The third-order valence-electron chi connectivity index (χ3n) is 2.33. The van der Waals surface area contributed by atoms with Gasteiger partial charge in [0.05, 0.1) is 3.79 Å². The van der Waals surface area contributed by atoms with Gasteiger partial charge in [-0.25, -0.2) is 0 Å². The van der Waals surface area contributed by atoms with E-state index in [2.05, 4.69) is 50.1 Å². The molecule has 0 saturated carbocycles. The molecule has 0 amide bonds. The van der Waals surface area contributed by atoms with Gasteiger partial charge in [0.2, 0.25) is 0 Å². The molecule has 1 unspecified atom stereocenters. The van der Waals surface area contributed by atoms with Crippen molar-refractivity contribution in [3.05, 3.63) is 55.1 Å². The molecule has 1 aromatic carbocycles. The molecule has 84 valence electrons. The van der Waals surface area contributed by atoms with Crippen molar-refractivity contribution in [1.29, 1.82) is 0 Å². The number of nitrogens with two attached hydrogens (primary N) is 1. The second kappa shape index (κ2) is 5.45. The zero-order valence-corrected chi connectivity index (χ0v) is 12.5. The van der Waals surface area contributed by atoms with Crippen LogP contribution >= 0.6 is 43.2 Å². The van der Waals surface area contributed by atoms with Crippen molar-refractivity contribution >= 4 is 43.2 Å². The van der Waals surface area contributed by atoms with Crippen LogP contribution in [0.15, 0.2) is 44.7 Å². The van der Waals surface area contributed by atoms with Gasteiger partial charge in [-0.05, 0) is 52.2 Å². The monoisotopic (exact) mass is 359 g/mol. The molecule has 16 heavy (non-hydrogen) atoms. The van der Waals surface area contributed by atoms with Crippen LogP contribution in [0.25, 0.3) is 0 Å². The first-order valence-corrected chi connectivity index (χ1v) is 7.30. The molecule has 1 atom stereocenters. The summed E-state index contributed by atoms with van der Waals surface area (Å²) in [5.41, 5.74) is 7.42. The van der Waals surface area contributed by atoms with Gasteiger partial charge in [0.15, 0.2) is 0 Å². The van der Waals surface area contributed by atoms with Gasteiger partial charge in [0, 0.05) is 15.4 Å². The number of thiophene rings is 1. The topological polar surface area (TPSA) is 26.0 Å². The number of hydrogen-bond acceptors (Lipinski definition) is 2. The average molecular weight is 361 g/mol. The summed E-state index contributed by atoms with van der Waals surface area (Å²) in [5.74, 6) is 0. The van der Waals surface area contributed by atoms with E-state index in [1.54, 1.807) is 11.3 Å². The quantitative estimate of drug-likeness (QED) is 0.855. The molecule has 0 aliphatic rings. The molecule has 0 spiro atoms. The standard InChI is InChI=1S/C12H11Br2NS/c13-9-3-1-8(2-4-9)7-10(15)11-5-6-12(14)16-11/h1-6,10H,7,15H2. The summed E-state index contributed by atoms with van der Waals surface area (Å²) in [4.78, 5) is 1.22. The maximum Gasteiger partial charge on any atom is 0.0701 e. The predicted molar refractivity (Wildman–Crippen MR) is 76.8 cm³/mol. The molecule has 0 bridgehead atoms. The van der Waals surface area contributed by atoms with Crippen LogP contribution in [0, 0.1) is 0 Å². The molecule has 1 aromatic heterocycles. The predicted octanol–water partition coefficient (Wildman–Crippen LogP) is 4.52. The van der Waals surface area contributed by atoms with E-state index < -0.39 is 0 Å². The Morgan fingerprint density at radius 1 is 1.06 bits per heavy atom. The van der Waals surface area contributed by atoms with Crippen molar-refractivity contribution in [2.75, 3.05) is 0 Å². The number of halogens is 2. The second-order valence-corrected chi connectivity index (χ2v) is 6.99. The molecule has 1 nitrogen and oxygen atoms in total. The van der Waals surface area contributed by atoms with Gasteiger partial charge in [-0.2, -0.15) is 0 Å². The Balaban J connectivity index is 2.07. The smallest absolute Gasteiger partial charge is 0.0701 e. The summed E-state index contributed by atoms with van der Waals surface area (Å²) in [5, 5.41) is 0. The molecular formula is C12H11Br2NS. The Kier molecular flexibility index (Phi) is 4.19. The van der Waals surface area contributed by atoms with Gasteiger partial charge >= 0.3 is 0 Å². The summed E-state index contributed by atoms with van der Waals surface area (Å²) in [6.45, 7) is 0. The van der Waals surface area contributed by atoms with Gasteiger partial charge in [-0.3, -0.25) is 0 Å². The van der Waals surface area contributed by atoms with Crippen molar-refractivity contribution in [2.45, 2.75) is 12.5 Å². The van der Waals surface area contributed by atoms with Crippen LogP contribution in [-0.4, -0.2) is 0 Å². The molecule has 1 heterocycles. The van der Waals surface area contributed by atoms with Crippen LogP contribution in [0.4, 0.5) is 0 Å². The highest BCUT2D eigenvalue weighted by Crippen LogP contribution is 2.28. The lowest BCUT2D eigenvalue weighted by molar-refractivity contribution is 0.736. The lowest BCUT2D eigenvalue weighted by Crippen LogP contribution is -2.11. The molecule has 0 saturated heterocycles. The Labute approximate surface area is 116 Å². The summed E-state index contributed by atoms with van der Waals surface area (Å²) in [7, 11) is 0. The summed E-state index contributed by atoms with van der Waals surface area (Å²) >= 11 is 8.58. The minimum absolute atomic E-state index is 0.0810. The Morgan fingerprint density at radius 2 is 1.75 bits per heavy atom. The van der Waals surface area contributed by atoms with E-state index in [-0.39, 0.29) is 6.04 Å².